The smallest absolute Gasteiger partial charge is 0.287 e. The highest BCUT2D eigenvalue weighted by molar-refractivity contribution is 5.91. The second-order valence-corrected chi connectivity index (χ2v) is 8.54. The van der Waals surface area contributed by atoms with E-state index in [1.807, 2.05) is 43.3 Å². The van der Waals surface area contributed by atoms with Gasteiger partial charge in [0.2, 0.25) is 5.89 Å². The molecule has 0 saturated heterocycles. The molecule has 1 N–H and O–H groups in total. The lowest BCUT2D eigenvalue weighted by molar-refractivity contribution is 0.0902. The first kappa shape index (κ1) is 20.7. The first-order valence-electron chi connectivity index (χ1n) is 10.3. The van der Waals surface area contributed by atoms with Crippen LogP contribution in [-0.4, -0.2) is 10.9 Å². The number of oxazole rings is 1. The van der Waals surface area contributed by atoms with Gasteiger partial charge in [-0.15, -0.1) is 0 Å². The number of amides is 1. The number of furan rings is 1. The fourth-order valence-electron chi connectivity index (χ4n) is 3.19. The van der Waals surface area contributed by atoms with Crippen LogP contribution in [0.15, 0.2) is 69.5 Å². The van der Waals surface area contributed by atoms with E-state index < -0.39 is 6.04 Å². The predicted molar refractivity (Wildman–Crippen MR) is 118 cm³/mol. The number of benzene rings is 2. The van der Waals surface area contributed by atoms with Crippen LogP contribution in [0.3, 0.4) is 0 Å². The molecule has 31 heavy (non-hydrogen) atoms. The Morgan fingerprint density at radius 1 is 1.03 bits per heavy atom. The van der Waals surface area contributed by atoms with Gasteiger partial charge in [-0.05, 0) is 54.3 Å². The molecular formula is C25H26N2O4. The second-order valence-electron chi connectivity index (χ2n) is 8.54. The molecule has 2 heterocycles. The van der Waals surface area contributed by atoms with E-state index in [1.54, 1.807) is 12.1 Å². The van der Waals surface area contributed by atoms with Gasteiger partial charge in [0.15, 0.2) is 11.3 Å². The van der Waals surface area contributed by atoms with Crippen LogP contribution in [-0.2, 0) is 12.0 Å². The third-order valence-corrected chi connectivity index (χ3v) is 5.02. The van der Waals surface area contributed by atoms with Crippen LogP contribution in [0.4, 0.5) is 0 Å². The van der Waals surface area contributed by atoms with Gasteiger partial charge in [-0.2, -0.15) is 0 Å². The topological polar surface area (TPSA) is 77.5 Å². The van der Waals surface area contributed by atoms with Crippen molar-refractivity contribution in [1.82, 2.24) is 10.3 Å². The fourth-order valence-corrected chi connectivity index (χ4v) is 3.19. The van der Waals surface area contributed by atoms with Gasteiger partial charge in [-0.3, -0.25) is 4.79 Å². The van der Waals surface area contributed by atoms with Gasteiger partial charge in [0.05, 0.1) is 0 Å². The molecule has 0 aliphatic carbocycles. The van der Waals surface area contributed by atoms with Gasteiger partial charge in [0.1, 0.15) is 29.7 Å². The molecule has 0 bridgehead atoms. The van der Waals surface area contributed by atoms with Gasteiger partial charge in [0, 0.05) is 0 Å². The van der Waals surface area contributed by atoms with Crippen LogP contribution in [0.5, 0.6) is 5.75 Å². The molecule has 6 heteroatoms. The minimum absolute atomic E-state index is 0.0941. The summed E-state index contributed by atoms with van der Waals surface area (Å²) in [6.45, 7) is 8.57. The lowest BCUT2D eigenvalue weighted by atomic mass is 9.87. The summed E-state index contributed by atoms with van der Waals surface area (Å²) in [5.74, 6) is 1.64. The Morgan fingerprint density at radius 3 is 2.48 bits per heavy atom. The van der Waals surface area contributed by atoms with Crippen molar-refractivity contribution in [2.45, 2.75) is 45.8 Å². The Kier molecular flexibility index (Phi) is 5.55. The quantitative estimate of drug-likeness (QED) is 0.429. The van der Waals surface area contributed by atoms with E-state index in [0.29, 0.717) is 17.2 Å². The normalized spacial score (nSPS) is 12.6. The van der Waals surface area contributed by atoms with Crippen molar-refractivity contribution in [3.63, 3.8) is 0 Å². The SMILES string of the molecule is CC(NC(=O)c1ccc(COc2ccc(C(C)(C)C)cc2)o1)c1nc2ccccc2o1. The number of nitrogens with one attached hydrogen (secondary N) is 1. The molecule has 0 aliphatic heterocycles. The average Bonchev–Trinajstić information content (AvgIpc) is 3.39. The minimum Gasteiger partial charge on any atom is -0.486 e. The van der Waals surface area contributed by atoms with Crippen LogP contribution in [0, 0.1) is 0 Å². The number of rotatable bonds is 6. The predicted octanol–water partition coefficient (Wildman–Crippen LogP) is 5.79. The van der Waals surface area contributed by atoms with Gasteiger partial charge in [-0.25, -0.2) is 4.98 Å². The molecule has 4 rings (SSSR count). The second kappa shape index (κ2) is 8.30. The van der Waals surface area contributed by atoms with Crippen molar-refractivity contribution in [2.24, 2.45) is 0 Å². The molecule has 0 aliphatic rings. The van der Waals surface area contributed by atoms with Gasteiger partial charge >= 0.3 is 0 Å². The summed E-state index contributed by atoms with van der Waals surface area (Å²) in [7, 11) is 0. The highest BCUT2D eigenvalue weighted by atomic mass is 16.5. The maximum absolute atomic E-state index is 12.5. The lowest BCUT2D eigenvalue weighted by Gasteiger charge is -2.19. The highest BCUT2D eigenvalue weighted by Gasteiger charge is 2.19. The van der Waals surface area contributed by atoms with E-state index in [4.69, 9.17) is 13.6 Å². The number of carbonyl (C=O) groups excluding carboxylic acids is 1. The van der Waals surface area contributed by atoms with Crippen molar-refractivity contribution in [1.29, 1.82) is 0 Å². The molecule has 6 nitrogen and oxygen atoms in total. The van der Waals surface area contributed by atoms with Crippen molar-refractivity contribution in [3.8, 4) is 5.75 Å². The summed E-state index contributed by atoms with van der Waals surface area (Å²) >= 11 is 0. The molecule has 1 atom stereocenters. The minimum atomic E-state index is -0.397. The molecule has 4 aromatic rings. The van der Waals surface area contributed by atoms with E-state index in [2.05, 4.69) is 43.2 Å². The molecular weight excluding hydrogens is 392 g/mol. The van der Waals surface area contributed by atoms with Crippen LogP contribution < -0.4 is 10.1 Å². The molecule has 2 aromatic carbocycles. The van der Waals surface area contributed by atoms with Gasteiger partial charge in [0.25, 0.3) is 5.91 Å². The standard InChI is InChI=1S/C25H26N2O4/c1-16(24-27-20-7-5-6-8-21(20)31-24)26-23(28)22-14-13-19(30-22)15-29-18-11-9-17(10-12-18)25(2,3)4/h5-14,16H,15H2,1-4H3,(H,26,28). The van der Waals surface area contributed by atoms with E-state index in [-0.39, 0.29) is 23.7 Å². The van der Waals surface area contributed by atoms with Crippen molar-refractivity contribution in [3.05, 3.63) is 83.6 Å². The summed E-state index contributed by atoms with van der Waals surface area (Å²) < 4.78 is 17.2. The van der Waals surface area contributed by atoms with Crippen molar-refractivity contribution < 1.29 is 18.4 Å². The summed E-state index contributed by atoms with van der Waals surface area (Å²) in [4.78, 5) is 17.0. The molecule has 0 radical (unpaired) electrons. The number of carbonyl (C=O) groups is 1. The highest BCUT2D eigenvalue weighted by Crippen LogP contribution is 2.25. The maximum atomic E-state index is 12.5. The molecule has 1 unspecified atom stereocenters. The summed E-state index contributed by atoms with van der Waals surface area (Å²) in [6.07, 6.45) is 0. The van der Waals surface area contributed by atoms with Gasteiger partial charge < -0.3 is 18.9 Å². The Labute approximate surface area is 181 Å². The van der Waals surface area contributed by atoms with Crippen LogP contribution in [0.25, 0.3) is 11.1 Å². The first-order valence-corrected chi connectivity index (χ1v) is 10.3. The third-order valence-electron chi connectivity index (χ3n) is 5.02. The number of fused-ring (bicyclic) bond motifs is 1. The van der Waals surface area contributed by atoms with Crippen LogP contribution in [0.1, 0.15) is 61.5 Å². The zero-order chi connectivity index (χ0) is 22.0. The van der Waals surface area contributed by atoms with Crippen LogP contribution >= 0.6 is 0 Å². The molecule has 0 saturated carbocycles. The van der Waals surface area contributed by atoms with Gasteiger partial charge in [-0.1, -0.05) is 45.0 Å². The maximum Gasteiger partial charge on any atom is 0.287 e. The Morgan fingerprint density at radius 2 is 1.77 bits per heavy atom. The molecule has 1 amide bonds. The molecule has 0 spiro atoms. The van der Waals surface area contributed by atoms with Crippen molar-refractivity contribution in [2.75, 3.05) is 0 Å². The fraction of sp³-hybridized carbons (Fsp3) is 0.280. The Bertz CT molecular complexity index is 1150. The van der Waals surface area contributed by atoms with Crippen molar-refractivity contribution >= 4 is 17.0 Å². The lowest BCUT2D eigenvalue weighted by Crippen LogP contribution is -2.26. The number of aromatic nitrogens is 1. The van der Waals surface area contributed by atoms with E-state index >= 15 is 0 Å². The first-order chi connectivity index (χ1) is 14.8. The van der Waals surface area contributed by atoms with E-state index in [0.717, 1.165) is 11.3 Å². The average molecular weight is 418 g/mol. The number of para-hydroxylation sites is 2. The van der Waals surface area contributed by atoms with E-state index in [1.165, 1.54) is 5.56 Å². The Balaban J connectivity index is 1.35. The summed E-state index contributed by atoms with van der Waals surface area (Å²) in [6, 6.07) is 18.5. The summed E-state index contributed by atoms with van der Waals surface area (Å²) in [5.41, 5.74) is 2.78. The number of ether oxygens (including phenoxy) is 1. The van der Waals surface area contributed by atoms with Crippen LogP contribution in [0.2, 0.25) is 0 Å². The number of nitrogens with zero attached hydrogens (tertiary/aromatic N) is 1. The Hall–Kier alpha value is -3.54. The zero-order valence-electron chi connectivity index (χ0n) is 18.1. The molecule has 160 valence electrons. The number of hydrogen-bond donors (Lipinski definition) is 1. The zero-order valence-corrected chi connectivity index (χ0v) is 18.1. The van der Waals surface area contributed by atoms with E-state index in [9.17, 15) is 4.79 Å². The monoisotopic (exact) mass is 418 g/mol. The summed E-state index contributed by atoms with van der Waals surface area (Å²) in [5, 5.41) is 2.85. The number of hydrogen-bond acceptors (Lipinski definition) is 5. The molecule has 0 fully saturated rings. The molecule has 2 aromatic heterocycles. The third kappa shape index (κ3) is 4.79. The largest absolute Gasteiger partial charge is 0.486 e.